The van der Waals surface area contributed by atoms with Gasteiger partial charge in [0.25, 0.3) is 0 Å². The summed E-state index contributed by atoms with van der Waals surface area (Å²) in [5, 5.41) is 2.95. The van der Waals surface area contributed by atoms with Gasteiger partial charge >= 0.3 is 0 Å². The fraction of sp³-hybridized carbons (Fsp3) is 0.562. The molecular formula is C16H25FN2O2. The molecule has 0 aliphatic rings. The summed E-state index contributed by atoms with van der Waals surface area (Å²) in [5.41, 5.74) is 0. The quantitative estimate of drug-likeness (QED) is 0.800. The summed E-state index contributed by atoms with van der Waals surface area (Å²) in [6, 6.07) is 6.45. The van der Waals surface area contributed by atoms with E-state index in [-0.39, 0.29) is 23.5 Å². The summed E-state index contributed by atoms with van der Waals surface area (Å²) in [7, 11) is 1.84. The van der Waals surface area contributed by atoms with Crippen LogP contribution in [0.3, 0.4) is 0 Å². The minimum absolute atomic E-state index is 0.00964. The van der Waals surface area contributed by atoms with Crippen molar-refractivity contribution in [2.24, 2.45) is 5.92 Å². The predicted molar refractivity (Wildman–Crippen MR) is 81.8 cm³/mol. The Balaban J connectivity index is 2.26. The number of nitrogens with zero attached hydrogens (tertiary/aromatic N) is 1. The molecule has 0 saturated carbocycles. The third-order valence-electron chi connectivity index (χ3n) is 3.37. The molecule has 118 valence electrons. The van der Waals surface area contributed by atoms with Gasteiger partial charge in [0, 0.05) is 12.6 Å². The Hall–Kier alpha value is -1.62. The zero-order valence-electron chi connectivity index (χ0n) is 13.2. The monoisotopic (exact) mass is 296 g/mol. The number of nitrogens with one attached hydrogen (secondary N) is 1. The molecule has 1 aromatic rings. The molecule has 1 unspecified atom stereocenters. The maximum absolute atomic E-state index is 13.3. The number of amides is 1. The molecule has 1 rings (SSSR count). The summed E-state index contributed by atoms with van der Waals surface area (Å²) in [6.45, 7) is 7.32. The van der Waals surface area contributed by atoms with Crippen molar-refractivity contribution in [1.29, 1.82) is 0 Å². The molecule has 0 spiro atoms. The number of hydrogen-bond donors (Lipinski definition) is 1. The van der Waals surface area contributed by atoms with Crippen LogP contribution in [0.25, 0.3) is 0 Å². The highest BCUT2D eigenvalue weighted by Gasteiger charge is 2.12. The molecule has 1 N–H and O–H groups in total. The van der Waals surface area contributed by atoms with E-state index in [2.05, 4.69) is 19.2 Å². The zero-order chi connectivity index (χ0) is 15.8. The van der Waals surface area contributed by atoms with Crippen molar-refractivity contribution >= 4 is 5.91 Å². The molecule has 1 atom stereocenters. The van der Waals surface area contributed by atoms with Gasteiger partial charge in [-0.05, 0) is 32.0 Å². The molecule has 0 saturated heterocycles. The van der Waals surface area contributed by atoms with E-state index in [0.717, 1.165) is 0 Å². The minimum atomic E-state index is -0.372. The van der Waals surface area contributed by atoms with Crippen LogP contribution in [0.2, 0.25) is 0 Å². The molecular weight excluding hydrogens is 271 g/mol. The van der Waals surface area contributed by atoms with Gasteiger partial charge in [-0.3, -0.25) is 9.69 Å². The maximum atomic E-state index is 13.3. The highest BCUT2D eigenvalue weighted by molar-refractivity contribution is 5.78. The molecule has 1 aromatic carbocycles. The molecule has 4 nitrogen and oxygen atoms in total. The van der Waals surface area contributed by atoms with Gasteiger partial charge in [-0.25, -0.2) is 4.39 Å². The Morgan fingerprint density at radius 3 is 2.62 bits per heavy atom. The van der Waals surface area contributed by atoms with Gasteiger partial charge in [0.1, 0.15) is 6.61 Å². The highest BCUT2D eigenvalue weighted by atomic mass is 19.1. The van der Waals surface area contributed by atoms with E-state index in [1.165, 1.54) is 6.07 Å². The summed E-state index contributed by atoms with van der Waals surface area (Å²) in [5.74, 6) is 0.265. The number of benzene rings is 1. The second-order valence-corrected chi connectivity index (χ2v) is 5.62. The minimum Gasteiger partial charge on any atom is -0.489 e. The smallest absolute Gasteiger partial charge is 0.234 e. The first-order valence-electron chi connectivity index (χ1n) is 7.25. The van der Waals surface area contributed by atoms with E-state index in [1.807, 2.05) is 18.9 Å². The number of hydrogen-bond acceptors (Lipinski definition) is 3. The van der Waals surface area contributed by atoms with E-state index in [0.29, 0.717) is 25.6 Å². The van der Waals surface area contributed by atoms with Gasteiger partial charge in [-0.15, -0.1) is 0 Å². The number of rotatable bonds is 8. The molecule has 0 radical (unpaired) electrons. The highest BCUT2D eigenvalue weighted by Crippen LogP contribution is 2.14. The molecule has 0 bridgehead atoms. The maximum Gasteiger partial charge on any atom is 0.234 e. The van der Waals surface area contributed by atoms with Crippen LogP contribution in [0.4, 0.5) is 4.39 Å². The number of carbonyl (C=O) groups excluding carboxylic acids is 1. The van der Waals surface area contributed by atoms with Crippen molar-refractivity contribution in [2.75, 3.05) is 26.7 Å². The molecule has 21 heavy (non-hydrogen) atoms. The average molecular weight is 296 g/mol. The van der Waals surface area contributed by atoms with Crippen LogP contribution < -0.4 is 10.1 Å². The lowest BCUT2D eigenvalue weighted by atomic mass is 10.1. The second kappa shape index (κ2) is 8.62. The third-order valence-corrected chi connectivity index (χ3v) is 3.37. The first-order chi connectivity index (χ1) is 9.90. The van der Waals surface area contributed by atoms with E-state index >= 15 is 0 Å². The van der Waals surface area contributed by atoms with Crippen LogP contribution >= 0.6 is 0 Å². The second-order valence-electron chi connectivity index (χ2n) is 5.62. The van der Waals surface area contributed by atoms with Crippen LogP contribution in [0, 0.1) is 11.7 Å². The number of ether oxygens (including phenoxy) is 1. The van der Waals surface area contributed by atoms with Gasteiger partial charge in [-0.1, -0.05) is 26.0 Å². The number of halogens is 1. The van der Waals surface area contributed by atoms with Gasteiger partial charge in [0.05, 0.1) is 6.54 Å². The summed E-state index contributed by atoms with van der Waals surface area (Å²) < 4.78 is 18.7. The molecule has 0 heterocycles. The first kappa shape index (κ1) is 17.4. The van der Waals surface area contributed by atoms with Crippen molar-refractivity contribution in [2.45, 2.75) is 26.8 Å². The van der Waals surface area contributed by atoms with Crippen molar-refractivity contribution in [3.05, 3.63) is 30.1 Å². The Kier molecular flexibility index (Phi) is 7.15. The van der Waals surface area contributed by atoms with Crippen molar-refractivity contribution in [3.8, 4) is 5.75 Å². The fourth-order valence-corrected chi connectivity index (χ4v) is 1.66. The van der Waals surface area contributed by atoms with Crippen molar-refractivity contribution < 1.29 is 13.9 Å². The van der Waals surface area contributed by atoms with Crippen molar-refractivity contribution in [3.63, 3.8) is 0 Å². The molecule has 0 aliphatic heterocycles. The standard InChI is InChI=1S/C16H25FN2O2/c1-12(2)13(3)18-16(20)11-19(4)9-10-21-15-8-6-5-7-14(15)17/h5-8,12-13H,9-11H2,1-4H3,(H,18,20). The van der Waals surface area contributed by atoms with Crippen LogP contribution in [0.1, 0.15) is 20.8 Å². The Bertz CT molecular complexity index is 452. The molecule has 0 fully saturated rings. The molecule has 0 aliphatic carbocycles. The van der Waals surface area contributed by atoms with Crippen LogP contribution in [-0.4, -0.2) is 43.6 Å². The third kappa shape index (κ3) is 6.58. The lowest BCUT2D eigenvalue weighted by Gasteiger charge is -2.21. The molecule has 1 amide bonds. The predicted octanol–water partition coefficient (Wildman–Crippen LogP) is 2.30. The Morgan fingerprint density at radius 2 is 2.00 bits per heavy atom. The largest absolute Gasteiger partial charge is 0.489 e. The number of carbonyl (C=O) groups is 1. The Morgan fingerprint density at radius 1 is 1.33 bits per heavy atom. The number of likely N-dealkylation sites (N-methyl/N-ethyl adjacent to an activating group) is 1. The van der Waals surface area contributed by atoms with Crippen LogP contribution in [0.15, 0.2) is 24.3 Å². The summed E-state index contributed by atoms with van der Waals surface area (Å²) in [6.07, 6.45) is 0. The zero-order valence-corrected chi connectivity index (χ0v) is 13.2. The van der Waals surface area contributed by atoms with Crippen molar-refractivity contribution in [1.82, 2.24) is 10.2 Å². The van der Waals surface area contributed by atoms with Gasteiger partial charge in [0.15, 0.2) is 11.6 Å². The lowest BCUT2D eigenvalue weighted by Crippen LogP contribution is -2.42. The van der Waals surface area contributed by atoms with Crippen LogP contribution in [0.5, 0.6) is 5.75 Å². The normalized spacial score (nSPS) is 12.5. The first-order valence-corrected chi connectivity index (χ1v) is 7.25. The number of para-hydroxylation sites is 1. The molecule has 0 aromatic heterocycles. The molecule has 5 heteroatoms. The van der Waals surface area contributed by atoms with E-state index < -0.39 is 0 Å². The van der Waals surface area contributed by atoms with E-state index in [1.54, 1.807) is 18.2 Å². The SMILES string of the molecule is CC(C)C(C)NC(=O)CN(C)CCOc1ccccc1F. The fourth-order valence-electron chi connectivity index (χ4n) is 1.66. The van der Waals surface area contributed by atoms with E-state index in [9.17, 15) is 9.18 Å². The lowest BCUT2D eigenvalue weighted by molar-refractivity contribution is -0.122. The van der Waals surface area contributed by atoms with Gasteiger partial charge in [-0.2, -0.15) is 0 Å². The topological polar surface area (TPSA) is 41.6 Å². The van der Waals surface area contributed by atoms with Gasteiger partial charge < -0.3 is 10.1 Å². The van der Waals surface area contributed by atoms with E-state index in [4.69, 9.17) is 4.74 Å². The summed E-state index contributed by atoms with van der Waals surface area (Å²) >= 11 is 0. The van der Waals surface area contributed by atoms with Gasteiger partial charge in [0.2, 0.25) is 5.91 Å². The Labute approximate surface area is 126 Å². The summed E-state index contributed by atoms with van der Waals surface area (Å²) in [4.78, 5) is 13.7. The average Bonchev–Trinajstić information content (AvgIpc) is 2.40. The van der Waals surface area contributed by atoms with Crippen LogP contribution in [-0.2, 0) is 4.79 Å².